The first-order valence-electron chi connectivity index (χ1n) is 5.12. The minimum Gasteiger partial charge on any atom is -0.366 e. The molecule has 0 aliphatic rings. The molecular formula is C14H14ClNO. The van der Waals surface area contributed by atoms with E-state index in [1.807, 2.05) is 30.3 Å². The standard InChI is InChI=1S/C14H13NO.ClH/c1-10(14(15)16)8-11-6-7-12-4-2-3-5-13(12)9-11;/h2-7,9H,1,8H2,(H2,15,16);1H. The molecule has 2 rings (SSSR count). The lowest BCUT2D eigenvalue weighted by Crippen LogP contribution is -2.14. The van der Waals surface area contributed by atoms with E-state index in [1.54, 1.807) is 0 Å². The van der Waals surface area contributed by atoms with Gasteiger partial charge in [0.1, 0.15) is 0 Å². The number of hydrogen-bond acceptors (Lipinski definition) is 1. The van der Waals surface area contributed by atoms with Crippen LogP contribution in [-0.4, -0.2) is 5.91 Å². The van der Waals surface area contributed by atoms with E-state index in [1.165, 1.54) is 5.39 Å². The number of carbonyl (C=O) groups is 1. The first-order valence-corrected chi connectivity index (χ1v) is 5.12. The second kappa shape index (κ2) is 5.51. The Bertz CT molecular complexity index is 563. The van der Waals surface area contributed by atoms with E-state index in [9.17, 15) is 4.79 Å². The van der Waals surface area contributed by atoms with Gasteiger partial charge in [-0.2, -0.15) is 0 Å². The van der Waals surface area contributed by atoms with Gasteiger partial charge in [-0.25, -0.2) is 0 Å². The smallest absolute Gasteiger partial charge is 0.244 e. The minimum absolute atomic E-state index is 0. The second-order valence-electron chi connectivity index (χ2n) is 3.83. The Morgan fingerprint density at radius 3 is 2.41 bits per heavy atom. The zero-order chi connectivity index (χ0) is 11.5. The van der Waals surface area contributed by atoms with Crippen molar-refractivity contribution < 1.29 is 4.79 Å². The van der Waals surface area contributed by atoms with Crippen molar-refractivity contribution >= 4 is 29.1 Å². The van der Waals surface area contributed by atoms with Gasteiger partial charge in [0, 0.05) is 12.0 Å². The molecule has 0 saturated heterocycles. The summed E-state index contributed by atoms with van der Waals surface area (Å²) in [4.78, 5) is 10.9. The lowest BCUT2D eigenvalue weighted by Gasteiger charge is -2.04. The second-order valence-corrected chi connectivity index (χ2v) is 3.83. The van der Waals surface area contributed by atoms with Crippen LogP contribution >= 0.6 is 12.4 Å². The highest BCUT2D eigenvalue weighted by Crippen LogP contribution is 2.17. The van der Waals surface area contributed by atoms with Crippen LogP contribution in [0.15, 0.2) is 54.6 Å². The van der Waals surface area contributed by atoms with Crippen LogP contribution in [0.4, 0.5) is 0 Å². The van der Waals surface area contributed by atoms with Crippen LogP contribution in [0.1, 0.15) is 5.56 Å². The van der Waals surface area contributed by atoms with E-state index in [0.717, 1.165) is 10.9 Å². The van der Waals surface area contributed by atoms with E-state index < -0.39 is 5.91 Å². The van der Waals surface area contributed by atoms with Crippen LogP contribution < -0.4 is 5.73 Å². The molecule has 0 aromatic heterocycles. The first-order chi connectivity index (χ1) is 7.66. The van der Waals surface area contributed by atoms with Gasteiger partial charge in [0.2, 0.25) is 5.91 Å². The third kappa shape index (κ3) is 3.08. The summed E-state index contributed by atoms with van der Waals surface area (Å²) in [5, 5.41) is 2.35. The number of primary amides is 1. The highest BCUT2D eigenvalue weighted by atomic mass is 35.5. The number of nitrogens with two attached hydrogens (primary N) is 1. The average molecular weight is 248 g/mol. The molecule has 0 aliphatic carbocycles. The van der Waals surface area contributed by atoms with Crippen molar-refractivity contribution in [2.75, 3.05) is 0 Å². The zero-order valence-electron chi connectivity index (χ0n) is 9.35. The maximum absolute atomic E-state index is 10.9. The lowest BCUT2D eigenvalue weighted by atomic mass is 10.0. The van der Waals surface area contributed by atoms with Crippen molar-refractivity contribution in [1.29, 1.82) is 0 Å². The molecule has 0 heterocycles. The number of benzene rings is 2. The normalized spacial score (nSPS) is 9.65. The van der Waals surface area contributed by atoms with Gasteiger partial charge in [-0.05, 0) is 16.3 Å². The number of amides is 1. The Balaban J connectivity index is 0.00000144. The molecule has 2 aromatic carbocycles. The summed E-state index contributed by atoms with van der Waals surface area (Å²) in [6, 6.07) is 14.2. The summed E-state index contributed by atoms with van der Waals surface area (Å²) >= 11 is 0. The number of halogens is 1. The Labute approximate surface area is 107 Å². The van der Waals surface area contributed by atoms with E-state index >= 15 is 0 Å². The van der Waals surface area contributed by atoms with E-state index in [4.69, 9.17) is 5.73 Å². The Kier molecular flexibility index (Phi) is 4.30. The Morgan fingerprint density at radius 2 is 1.76 bits per heavy atom. The summed E-state index contributed by atoms with van der Waals surface area (Å²) in [6.07, 6.45) is 0.514. The largest absolute Gasteiger partial charge is 0.366 e. The quantitative estimate of drug-likeness (QED) is 0.833. The van der Waals surface area contributed by atoms with Gasteiger partial charge in [0.25, 0.3) is 0 Å². The van der Waals surface area contributed by atoms with Gasteiger partial charge in [-0.15, -0.1) is 12.4 Å². The zero-order valence-corrected chi connectivity index (χ0v) is 10.2. The van der Waals surface area contributed by atoms with Crippen molar-refractivity contribution in [2.45, 2.75) is 6.42 Å². The average Bonchev–Trinajstić information content (AvgIpc) is 2.28. The van der Waals surface area contributed by atoms with Crippen molar-refractivity contribution in [3.8, 4) is 0 Å². The van der Waals surface area contributed by atoms with Crippen LogP contribution in [0.3, 0.4) is 0 Å². The molecule has 2 N–H and O–H groups in total. The minimum atomic E-state index is -0.437. The molecule has 88 valence electrons. The first kappa shape index (κ1) is 13.3. The summed E-state index contributed by atoms with van der Waals surface area (Å²) in [6.45, 7) is 3.66. The van der Waals surface area contributed by atoms with Gasteiger partial charge >= 0.3 is 0 Å². The molecule has 0 spiro atoms. The van der Waals surface area contributed by atoms with Crippen LogP contribution in [-0.2, 0) is 11.2 Å². The topological polar surface area (TPSA) is 43.1 Å². The fourth-order valence-electron chi connectivity index (χ4n) is 1.68. The molecule has 2 aromatic rings. The van der Waals surface area contributed by atoms with Gasteiger partial charge in [0.15, 0.2) is 0 Å². The number of fused-ring (bicyclic) bond motifs is 1. The number of hydrogen-bond donors (Lipinski definition) is 1. The maximum atomic E-state index is 10.9. The van der Waals surface area contributed by atoms with Crippen LogP contribution in [0.2, 0.25) is 0 Å². The maximum Gasteiger partial charge on any atom is 0.244 e. The fraction of sp³-hybridized carbons (Fsp3) is 0.0714. The summed E-state index contributed by atoms with van der Waals surface area (Å²) < 4.78 is 0. The molecule has 0 saturated carbocycles. The van der Waals surface area contributed by atoms with Gasteiger partial charge < -0.3 is 5.73 Å². The number of carbonyl (C=O) groups excluding carboxylic acids is 1. The summed E-state index contributed by atoms with van der Waals surface area (Å²) in [7, 11) is 0. The third-order valence-corrected chi connectivity index (χ3v) is 2.58. The molecule has 0 atom stereocenters. The van der Waals surface area contributed by atoms with E-state index in [-0.39, 0.29) is 12.4 Å². The fourth-order valence-corrected chi connectivity index (χ4v) is 1.68. The van der Waals surface area contributed by atoms with Crippen molar-refractivity contribution in [1.82, 2.24) is 0 Å². The monoisotopic (exact) mass is 247 g/mol. The molecule has 0 aliphatic heterocycles. The van der Waals surface area contributed by atoms with Gasteiger partial charge in [-0.1, -0.05) is 49.0 Å². The Morgan fingerprint density at radius 1 is 1.12 bits per heavy atom. The summed E-state index contributed by atoms with van der Waals surface area (Å²) in [5.41, 5.74) is 6.66. The predicted octanol–water partition coefficient (Wildman–Crippen LogP) is 2.85. The van der Waals surface area contributed by atoms with Crippen molar-refractivity contribution in [2.24, 2.45) is 5.73 Å². The highest BCUT2D eigenvalue weighted by Gasteiger charge is 2.03. The molecular weight excluding hydrogens is 234 g/mol. The highest BCUT2D eigenvalue weighted by molar-refractivity contribution is 5.92. The van der Waals surface area contributed by atoms with E-state index in [2.05, 4.69) is 18.7 Å². The van der Waals surface area contributed by atoms with Crippen molar-refractivity contribution in [3.63, 3.8) is 0 Å². The van der Waals surface area contributed by atoms with Gasteiger partial charge in [-0.3, -0.25) is 4.79 Å². The molecule has 3 heteroatoms. The van der Waals surface area contributed by atoms with Crippen LogP contribution in [0, 0.1) is 0 Å². The molecule has 1 amide bonds. The molecule has 0 fully saturated rings. The summed E-state index contributed by atoms with van der Waals surface area (Å²) in [5.74, 6) is -0.437. The molecule has 2 nitrogen and oxygen atoms in total. The molecule has 0 bridgehead atoms. The van der Waals surface area contributed by atoms with E-state index in [0.29, 0.717) is 12.0 Å². The Hall–Kier alpha value is -1.80. The van der Waals surface area contributed by atoms with Gasteiger partial charge in [0.05, 0.1) is 0 Å². The third-order valence-electron chi connectivity index (χ3n) is 2.58. The SMILES string of the molecule is C=C(Cc1ccc2ccccc2c1)C(N)=O.Cl. The lowest BCUT2D eigenvalue weighted by molar-refractivity contribution is -0.114. The molecule has 17 heavy (non-hydrogen) atoms. The molecule has 0 unspecified atom stereocenters. The van der Waals surface area contributed by atoms with Crippen LogP contribution in [0.5, 0.6) is 0 Å². The van der Waals surface area contributed by atoms with Crippen LogP contribution in [0.25, 0.3) is 10.8 Å². The number of rotatable bonds is 3. The molecule has 0 radical (unpaired) electrons. The van der Waals surface area contributed by atoms with Crippen molar-refractivity contribution in [3.05, 3.63) is 60.2 Å². The predicted molar refractivity (Wildman–Crippen MR) is 73.2 cm³/mol.